The highest BCUT2D eigenvalue weighted by atomic mass is 79.9. The van der Waals surface area contributed by atoms with E-state index < -0.39 is 17.7 Å². The van der Waals surface area contributed by atoms with Crippen molar-refractivity contribution in [3.05, 3.63) is 63.6 Å². The minimum atomic E-state index is -0.923. The van der Waals surface area contributed by atoms with Crippen molar-refractivity contribution in [1.29, 1.82) is 0 Å². The lowest BCUT2D eigenvalue weighted by molar-refractivity contribution is 0.144. The fraction of sp³-hybridized carbons (Fsp3) is 0.278. The van der Waals surface area contributed by atoms with Crippen LogP contribution in [0.3, 0.4) is 0 Å². The van der Waals surface area contributed by atoms with E-state index in [0.717, 1.165) is 11.6 Å². The maximum Gasteiger partial charge on any atom is 0.414 e. The van der Waals surface area contributed by atoms with E-state index in [1.807, 2.05) is 37.3 Å². The zero-order valence-corrected chi connectivity index (χ0v) is 14.6. The summed E-state index contributed by atoms with van der Waals surface area (Å²) in [4.78, 5) is 14.0. The zero-order chi connectivity index (χ0) is 17.3. The minimum Gasteiger partial charge on any atom is -0.444 e. The molecule has 0 N–H and O–H groups in total. The summed E-state index contributed by atoms with van der Waals surface area (Å²) in [5, 5.41) is 0. The number of rotatable bonds is 2. The number of hydrogen-bond acceptors (Lipinski definition) is 2. The Kier molecular flexibility index (Phi) is 4.85. The Morgan fingerprint density at radius 2 is 2.04 bits per heavy atom. The Balaban J connectivity index is 1.88. The smallest absolute Gasteiger partial charge is 0.414 e. The van der Waals surface area contributed by atoms with Gasteiger partial charge in [0.1, 0.15) is 6.61 Å². The van der Waals surface area contributed by atoms with Crippen molar-refractivity contribution in [1.82, 2.24) is 0 Å². The van der Waals surface area contributed by atoms with Gasteiger partial charge in [-0.3, -0.25) is 4.90 Å². The van der Waals surface area contributed by atoms with E-state index in [9.17, 15) is 13.6 Å². The lowest BCUT2D eigenvalue weighted by Crippen LogP contribution is -2.43. The molecule has 0 saturated carbocycles. The van der Waals surface area contributed by atoms with Crippen molar-refractivity contribution in [2.24, 2.45) is 0 Å². The van der Waals surface area contributed by atoms with E-state index in [1.165, 1.54) is 4.90 Å². The first-order valence-corrected chi connectivity index (χ1v) is 8.44. The van der Waals surface area contributed by atoms with Gasteiger partial charge in [0, 0.05) is 16.1 Å². The number of hydrogen-bond donors (Lipinski definition) is 0. The Labute approximate surface area is 147 Å². The summed E-state index contributed by atoms with van der Waals surface area (Å²) in [6.07, 6.45) is 0.348. The molecule has 3 rings (SSSR count). The van der Waals surface area contributed by atoms with E-state index in [-0.39, 0.29) is 18.2 Å². The molecule has 2 aromatic rings. The number of benzene rings is 2. The Morgan fingerprint density at radius 3 is 2.75 bits per heavy atom. The number of nitrogens with zero attached hydrogens (tertiary/aromatic N) is 1. The molecule has 1 aliphatic heterocycles. The molecule has 0 saturated heterocycles. The summed E-state index contributed by atoms with van der Waals surface area (Å²) < 4.78 is 33.4. The number of halogens is 3. The summed E-state index contributed by atoms with van der Waals surface area (Å²) in [5.74, 6) is -1.83. The molecule has 126 valence electrons. The molecule has 0 aliphatic carbocycles. The van der Waals surface area contributed by atoms with Crippen LogP contribution in [0.15, 0.2) is 40.9 Å². The summed E-state index contributed by atoms with van der Waals surface area (Å²) in [5.41, 5.74) is 1.42. The van der Waals surface area contributed by atoms with Crippen molar-refractivity contribution in [3.8, 4) is 0 Å². The van der Waals surface area contributed by atoms with Crippen LogP contribution in [0.2, 0.25) is 0 Å². The van der Waals surface area contributed by atoms with Crippen LogP contribution in [-0.4, -0.2) is 12.1 Å². The summed E-state index contributed by atoms with van der Waals surface area (Å²) in [6.45, 7) is 1.99. The van der Waals surface area contributed by atoms with Crippen LogP contribution in [0.25, 0.3) is 0 Å². The van der Waals surface area contributed by atoms with Gasteiger partial charge in [-0.2, -0.15) is 0 Å². The number of amides is 1. The average molecular weight is 396 g/mol. The summed E-state index contributed by atoms with van der Waals surface area (Å²) >= 11 is 3.24. The highest BCUT2D eigenvalue weighted by Crippen LogP contribution is 2.40. The molecule has 0 fully saturated rings. The van der Waals surface area contributed by atoms with Gasteiger partial charge < -0.3 is 4.74 Å². The van der Waals surface area contributed by atoms with E-state index in [2.05, 4.69) is 15.9 Å². The molecule has 0 spiro atoms. The molecule has 0 aromatic heterocycles. The summed E-state index contributed by atoms with van der Waals surface area (Å²) in [7, 11) is 0. The molecule has 6 heteroatoms. The second kappa shape index (κ2) is 6.89. The third kappa shape index (κ3) is 3.15. The number of ether oxygens (including phenoxy) is 1. The van der Waals surface area contributed by atoms with Gasteiger partial charge in [0.2, 0.25) is 0 Å². The number of carbonyl (C=O) groups is 1. The van der Waals surface area contributed by atoms with Gasteiger partial charge in [0.15, 0.2) is 11.6 Å². The quantitative estimate of drug-likeness (QED) is 0.653. The van der Waals surface area contributed by atoms with Crippen molar-refractivity contribution in [3.63, 3.8) is 0 Å². The molecule has 2 aromatic carbocycles. The summed E-state index contributed by atoms with van der Waals surface area (Å²) in [6, 6.07) is 10.2. The molecular weight excluding hydrogens is 380 g/mol. The fourth-order valence-corrected chi connectivity index (χ4v) is 3.52. The monoisotopic (exact) mass is 395 g/mol. The SMILES string of the molecule is CC1CCc2c(F)c(F)cc(Br)c2N1C(=O)OCc1ccccc1. The first-order chi connectivity index (χ1) is 11.5. The number of fused-ring (bicyclic) bond motifs is 1. The molecule has 0 radical (unpaired) electrons. The largest absolute Gasteiger partial charge is 0.444 e. The van der Waals surface area contributed by atoms with Gasteiger partial charge in [-0.1, -0.05) is 30.3 Å². The topological polar surface area (TPSA) is 29.5 Å². The maximum absolute atomic E-state index is 14.1. The van der Waals surface area contributed by atoms with Crippen LogP contribution >= 0.6 is 15.9 Å². The molecule has 24 heavy (non-hydrogen) atoms. The Bertz CT molecular complexity index is 767. The van der Waals surface area contributed by atoms with Crippen molar-refractivity contribution >= 4 is 27.7 Å². The van der Waals surface area contributed by atoms with Crippen molar-refractivity contribution in [2.75, 3.05) is 4.90 Å². The molecule has 1 amide bonds. The third-order valence-electron chi connectivity index (χ3n) is 4.14. The molecule has 1 atom stereocenters. The van der Waals surface area contributed by atoms with E-state index in [0.29, 0.717) is 23.0 Å². The first kappa shape index (κ1) is 16.9. The van der Waals surface area contributed by atoms with Gasteiger partial charge >= 0.3 is 6.09 Å². The molecular formula is C18H16BrF2NO2. The van der Waals surface area contributed by atoms with Gasteiger partial charge in [-0.15, -0.1) is 0 Å². The van der Waals surface area contributed by atoms with Gasteiger partial charge in [-0.05, 0) is 47.3 Å². The normalized spacial score (nSPS) is 16.7. The molecule has 3 nitrogen and oxygen atoms in total. The standard InChI is InChI=1S/C18H16BrF2NO2/c1-11-7-8-13-16(21)15(20)9-14(19)17(13)22(11)18(23)24-10-12-5-3-2-4-6-12/h2-6,9,11H,7-8,10H2,1H3. The van der Waals surface area contributed by atoms with Gasteiger partial charge in [-0.25, -0.2) is 13.6 Å². The van der Waals surface area contributed by atoms with Crippen LogP contribution in [0.4, 0.5) is 19.3 Å². The van der Waals surface area contributed by atoms with Crippen LogP contribution in [0.1, 0.15) is 24.5 Å². The van der Waals surface area contributed by atoms with Crippen molar-refractivity contribution in [2.45, 2.75) is 32.4 Å². The maximum atomic E-state index is 14.1. The lowest BCUT2D eigenvalue weighted by Gasteiger charge is -2.35. The van der Waals surface area contributed by atoms with Crippen LogP contribution < -0.4 is 4.90 Å². The average Bonchev–Trinajstić information content (AvgIpc) is 2.58. The fourth-order valence-electron chi connectivity index (χ4n) is 2.89. The van der Waals surface area contributed by atoms with Gasteiger partial charge in [0.25, 0.3) is 0 Å². The predicted molar refractivity (Wildman–Crippen MR) is 90.9 cm³/mol. The Morgan fingerprint density at radius 1 is 1.33 bits per heavy atom. The third-order valence-corrected chi connectivity index (χ3v) is 4.74. The lowest BCUT2D eigenvalue weighted by atomic mass is 9.96. The van der Waals surface area contributed by atoms with E-state index >= 15 is 0 Å². The Hall–Kier alpha value is -1.95. The predicted octanol–water partition coefficient (Wildman–Crippen LogP) is 5.21. The van der Waals surface area contributed by atoms with Crippen LogP contribution in [-0.2, 0) is 17.8 Å². The first-order valence-electron chi connectivity index (χ1n) is 7.65. The van der Waals surface area contributed by atoms with Crippen LogP contribution in [0.5, 0.6) is 0 Å². The number of carbonyl (C=O) groups excluding carboxylic acids is 1. The van der Waals surface area contributed by atoms with Gasteiger partial charge in [0.05, 0.1) is 5.69 Å². The zero-order valence-electron chi connectivity index (χ0n) is 13.1. The van der Waals surface area contributed by atoms with E-state index in [4.69, 9.17) is 4.74 Å². The molecule has 0 bridgehead atoms. The second-order valence-corrected chi connectivity index (χ2v) is 6.63. The highest BCUT2D eigenvalue weighted by molar-refractivity contribution is 9.10. The van der Waals surface area contributed by atoms with Crippen molar-refractivity contribution < 1.29 is 18.3 Å². The minimum absolute atomic E-state index is 0.125. The number of anilines is 1. The van der Waals surface area contributed by atoms with E-state index in [1.54, 1.807) is 0 Å². The molecule has 1 aliphatic rings. The molecule has 1 heterocycles. The second-order valence-electron chi connectivity index (χ2n) is 5.78. The highest BCUT2D eigenvalue weighted by Gasteiger charge is 2.34. The molecule has 1 unspecified atom stereocenters. The van der Waals surface area contributed by atoms with Crippen LogP contribution in [0, 0.1) is 11.6 Å².